The van der Waals surface area contributed by atoms with Gasteiger partial charge in [-0.3, -0.25) is 4.90 Å². The van der Waals surface area contributed by atoms with E-state index in [1.54, 1.807) is 6.07 Å². The van der Waals surface area contributed by atoms with Crippen LogP contribution in [0.5, 0.6) is 0 Å². The van der Waals surface area contributed by atoms with E-state index in [1.807, 2.05) is 6.92 Å². The smallest absolute Gasteiger partial charge is 0.357 e. The second kappa shape index (κ2) is 10.5. The molecule has 0 amide bonds. The number of aliphatic imine (C=N–C) groups is 1. The Kier molecular flexibility index (Phi) is 9.31. The number of rotatable bonds is 5. The Morgan fingerprint density at radius 1 is 1.21 bits per heavy atom. The molecule has 2 rings (SSSR count). The Bertz CT molecular complexity index is 647. The maximum Gasteiger partial charge on any atom is 0.416 e. The van der Waals surface area contributed by atoms with Gasteiger partial charge < -0.3 is 10.6 Å². The summed E-state index contributed by atoms with van der Waals surface area (Å²) in [6.07, 6.45) is -8.13. The van der Waals surface area contributed by atoms with Crippen molar-refractivity contribution in [2.45, 2.75) is 38.3 Å². The van der Waals surface area contributed by atoms with Crippen LogP contribution in [0.4, 0.5) is 26.3 Å². The number of likely N-dealkylation sites (tertiary alicyclic amines) is 1. The van der Waals surface area contributed by atoms with Gasteiger partial charge in [0.1, 0.15) is 0 Å². The van der Waals surface area contributed by atoms with Gasteiger partial charge in [-0.1, -0.05) is 12.1 Å². The van der Waals surface area contributed by atoms with Crippen molar-refractivity contribution in [1.82, 2.24) is 15.5 Å². The van der Waals surface area contributed by atoms with E-state index in [4.69, 9.17) is 0 Å². The normalized spacial score (nSPS) is 18.7. The number of halogens is 7. The molecule has 28 heavy (non-hydrogen) atoms. The Balaban J connectivity index is 0.00000392. The highest BCUT2D eigenvalue weighted by Crippen LogP contribution is 2.29. The van der Waals surface area contributed by atoms with Crippen LogP contribution in [0.1, 0.15) is 24.5 Å². The van der Waals surface area contributed by atoms with E-state index in [9.17, 15) is 26.3 Å². The third-order valence-electron chi connectivity index (χ3n) is 4.03. The van der Waals surface area contributed by atoms with Crippen LogP contribution in [0.15, 0.2) is 29.3 Å². The Hall–Kier alpha value is -1.24. The van der Waals surface area contributed by atoms with Gasteiger partial charge in [0, 0.05) is 25.7 Å². The molecule has 1 atom stereocenters. The molecule has 1 fully saturated rings. The first kappa shape index (κ1) is 24.8. The molecule has 0 aromatic heterocycles. The number of nitrogens with one attached hydrogen (secondary N) is 2. The van der Waals surface area contributed by atoms with E-state index < -0.39 is 24.5 Å². The summed E-state index contributed by atoms with van der Waals surface area (Å²) in [4.78, 5) is 5.57. The second-order valence-electron chi connectivity index (χ2n) is 6.37. The van der Waals surface area contributed by atoms with Gasteiger partial charge in [-0.15, -0.1) is 24.0 Å². The Morgan fingerprint density at radius 3 is 2.54 bits per heavy atom. The second-order valence-corrected chi connectivity index (χ2v) is 6.37. The lowest BCUT2D eigenvalue weighted by molar-refractivity contribution is -0.143. The summed E-state index contributed by atoms with van der Waals surface area (Å²) >= 11 is 0. The maximum atomic E-state index is 12.8. The van der Waals surface area contributed by atoms with E-state index in [1.165, 1.54) is 11.0 Å². The number of nitrogens with zero attached hydrogens (tertiary/aromatic N) is 2. The van der Waals surface area contributed by atoms with E-state index in [-0.39, 0.29) is 43.1 Å². The zero-order valence-corrected chi connectivity index (χ0v) is 17.5. The molecule has 1 aromatic carbocycles. The predicted molar refractivity (Wildman–Crippen MR) is 106 cm³/mol. The summed E-state index contributed by atoms with van der Waals surface area (Å²) < 4.78 is 75.7. The van der Waals surface area contributed by atoms with Crippen LogP contribution in [0.2, 0.25) is 0 Å². The summed E-state index contributed by atoms with van der Waals surface area (Å²) in [7, 11) is 0. The number of benzene rings is 1. The SMILES string of the molecule is CCNC(=NCc1cccc(C(F)(F)F)c1)NC1CCN(CC(F)(F)F)C1.I. The Labute approximate surface area is 176 Å². The van der Waals surface area contributed by atoms with Gasteiger partial charge in [-0.05, 0) is 31.0 Å². The molecule has 160 valence electrons. The molecule has 0 bridgehead atoms. The average Bonchev–Trinajstić information content (AvgIpc) is 2.97. The fraction of sp³-hybridized carbons (Fsp3) is 0.588. The summed E-state index contributed by atoms with van der Waals surface area (Å²) in [5, 5.41) is 6.02. The van der Waals surface area contributed by atoms with Gasteiger partial charge in [0.2, 0.25) is 0 Å². The minimum absolute atomic E-state index is 0. The number of hydrogen-bond donors (Lipinski definition) is 2. The van der Waals surface area contributed by atoms with Crippen molar-refractivity contribution in [3.8, 4) is 0 Å². The van der Waals surface area contributed by atoms with E-state index >= 15 is 0 Å². The van der Waals surface area contributed by atoms with Gasteiger partial charge in [0.05, 0.1) is 18.7 Å². The van der Waals surface area contributed by atoms with Crippen LogP contribution >= 0.6 is 24.0 Å². The van der Waals surface area contributed by atoms with Gasteiger partial charge in [0.25, 0.3) is 0 Å². The first-order chi connectivity index (χ1) is 12.6. The molecule has 0 saturated carbocycles. The maximum absolute atomic E-state index is 12.8. The highest BCUT2D eigenvalue weighted by molar-refractivity contribution is 14.0. The van der Waals surface area contributed by atoms with Gasteiger partial charge in [-0.2, -0.15) is 26.3 Å². The van der Waals surface area contributed by atoms with E-state index in [0.717, 1.165) is 12.1 Å². The molecule has 11 heteroatoms. The molecule has 0 radical (unpaired) electrons. The largest absolute Gasteiger partial charge is 0.416 e. The molecular weight excluding hydrogens is 501 g/mol. The first-order valence-corrected chi connectivity index (χ1v) is 8.57. The fourth-order valence-corrected chi connectivity index (χ4v) is 2.88. The summed E-state index contributed by atoms with van der Waals surface area (Å²) in [5.41, 5.74) is -0.348. The van der Waals surface area contributed by atoms with Crippen molar-refractivity contribution in [2.24, 2.45) is 4.99 Å². The van der Waals surface area contributed by atoms with Crippen molar-refractivity contribution in [3.63, 3.8) is 0 Å². The lowest BCUT2D eigenvalue weighted by Gasteiger charge is -2.19. The summed E-state index contributed by atoms with van der Waals surface area (Å²) in [5.74, 6) is 0.369. The zero-order chi connectivity index (χ0) is 20.1. The molecule has 0 spiro atoms. The monoisotopic (exact) mass is 524 g/mol. The zero-order valence-electron chi connectivity index (χ0n) is 15.2. The molecule has 1 saturated heterocycles. The number of guanidine groups is 1. The molecule has 1 heterocycles. The standard InChI is InChI=1S/C17H22F6N4.HI/c1-2-24-15(26-14-6-7-27(10-14)11-16(18,19)20)25-9-12-4-3-5-13(8-12)17(21,22)23;/h3-5,8,14H,2,6-7,9-11H2,1H3,(H2,24,25,26);1H. The first-order valence-electron chi connectivity index (χ1n) is 8.57. The van der Waals surface area contributed by atoms with Crippen molar-refractivity contribution < 1.29 is 26.3 Å². The molecule has 1 unspecified atom stereocenters. The molecular formula is C17H23F6IN4. The van der Waals surface area contributed by atoms with Crippen LogP contribution in [-0.2, 0) is 12.7 Å². The van der Waals surface area contributed by atoms with Crippen LogP contribution in [0.3, 0.4) is 0 Å². The predicted octanol–water partition coefficient (Wildman–Crippen LogP) is 4.02. The fourth-order valence-electron chi connectivity index (χ4n) is 2.88. The highest BCUT2D eigenvalue weighted by Gasteiger charge is 2.34. The van der Waals surface area contributed by atoms with Crippen molar-refractivity contribution in [2.75, 3.05) is 26.2 Å². The quantitative estimate of drug-likeness (QED) is 0.265. The van der Waals surface area contributed by atoms with Crippen LogP contribution in [0.25, 0.3) is 0 Å². The van der Waals surface area contributed by atoms with Gasteiger partial charge in [-0.25, -0.2) is 4.99 Å². The lowest BCUT2D eigenvalue weighted by Crippen LogP contribution is -2.45. The van der Waals surface area contributed by atoms with Gasteiger partial charge in [0.15, 0.2) is 5.96 Å². The van der Waals surface area contributed by atoms with E-state index in [2.05, 4.69) is 15.6 Å². The molecule has 4 nitrogen and oxygen atoms in total. The minimum atomic E-state index is -4.42. The van der Waals surface area contributed by atoms with Crippen LogP contribution in [-0.4, -0.2) is 49.3 Å². The average molecular weight is 524 g/mol. The molecule has 2 N–H and O–H groups in total. The molecule has 0 aliphatic carbocycles. The van der Waals surface area contributed by atoms with Crippen molar-refractivity contribution in [1.29, 1.82) is 0 Å². The number of hydrogen-bond acceptors (Lipinski definition) is 2. The van der Waals surface area contributed by atoms with E-state index in [0.29, 0.717) is 31.0 Å². The molecule has 1 aliphatic rings. The molecule has 1 aromatic rings. The number of alkyl halides is 6. The third-order valence-corrected chi connectivity index (χ3v) is 4.03. The third kappa shape index (κ3) is 8.41. The molecule has 1 aliphatic heterocycles. The Morgan fingerprint density at radius 2 is 1.93 bits per heavy atom. The topological polar surface area (TPSA) is 39.7 Å². The lowest BCUT2D eigenvalue weighted by atomic mass is 10.1. The summed E-state index contributed by atoms with van der Waals surface area (Å²) in [6.45, 7) is 1.97. The van der Waals surface area contributed by atoms with Crippen LogP contribution < -0.4 is 10.6 Å². The van der Waals surface area contributed by atoms with Crippen LogP contribution in [0, 0.1) is 0 Å². The van der Waals surface area contributed by atoms with Crippen molar-refractivity contribution >= 4 is 29.9 Å². The van der Waals surface area contributed by atoms with Crippen molar-refractivity contribution in [3.05, 3.63) is 35.4 Å². The highest BCUT2D eigenvalue weighted by atomic mass is 127. The minimum Gasteiger partial charge on any atom is -0.357 e. The van der Waals surface area contributed by atoms with Gasteiger partial charge >= 0.3 is 12.4 Å². The summed E-state index contributed by atoms with van der Waals surface area (Å²) in [6, 6.07) is 4.69.